The molecule has 1 unspecified atom stereocenters. The number of hydrogen-bond donors (Lipinski definition) is 0. The van der Waals surface area contributed by atoms with E-state index in [1.807, 2.05) is 6.07 Å². The number of hydrogen-bond acceptors (Lipinski definition) is 4. The van der Waals surface area contributed by atoms with Gasteiger partial charge in [-0.1, -0.05) is 0 Å². The van der Waals surface area contributed by atoms with Crippen molar-refractivity contribution < 1.29 is 13.6 Å². The van der Waals surface area contributed by atoms with Gasteiger partial charge < -0.3 is 9.05 Å². The highest BCUT2D eigenvalue weighted by atomic mass is 31.2. The monoisotopic (exact) mass is 191 g/mol. The first-order valence-electron chi connectivity index (χ1n) is 3.89. The molecule has 0 radical (unpaired) electrons. The molecule has 5 heteroatoms. The Morgan fingerprint density at radius 1 is 1.42 bits per heavy atom. The second kappa shape index (κ2) is 5.31. The van der Waals surface area contributed by atoms with Crippen molar-refractivity contribution in [2.45, 2.75) is 26.4 Å². The van der Waals surface area contributed by atoms with Gasteiger partial charge in [0.1, 0.15) is 5.66 Å². The average Bonchev–Trinajstić information content (AvgIpc) is 2.04. The summed E-state index contributed by atoms with van der Waals surface area (Å²) in [6.45, 7) is 5.56. The van der Waals surface area contributed by atoms with E-state index in [1.54, 1.807) is 13.8 Å². The van der Waals surface area contributed by atoms with Gasteiger partial charge >= 0.3 is 7.60 Å². The summed E-state index contributed by atoms with van der Waals surface area (Å²) in [5.41, 5.74) is -0.697. The molecule has 0 bridgehead atoms. The molecule has 0 amide bonds. The summed E-state index contributed by atoms with van der Waals surface area (Å²) in [6, 6.07) is 1.86. The van der Waals surface area contributed by atoms with Crippen molar-refractivity contribution in [3.63, 3.8) is 0 Å². The molecule has 0 aromatic carbocycles. The molecule has 0 aliphatic rings. The van der Waals surface area contributed by atoms with Crippen molar-refractivity contribution >= 4 is 7.60 Å². The second-order valence-electron chi connectivity index (χ2n) is 2.18. The SMILES string of the molecule is CCOP(=O)(OCC)C(C)C#N. The summed E-state index contributed by atoms with van der Waals surface area (Å²) >= 11 is 0. The Morgan fingerprint density at radius 3 is 2.08 bits per heavy atom. The summed E-state index contributed by atoms with van der Waals surface area (Å²) in [4.78, 5) is 0. The fraction of sp³-hybridized carbons (Fsp3) is 0.857. The highest BCUT2D eigenvalue weighted by Gasteiger charge is 2.31. The topological polar surface area (TPSA) is 59.3 Å². The summed E-state index contributed by atoms with van der Waals surface area (Å²) in [7, 11) is -3.17. The van der Waals surface area contributed by atoms with E-state index in [-0.39, 0.29) is 0 Å². The van der Waals surface area contributed by atoms with Crippen LogP contribution < -0.4 is 0 Å². The minimum atomic E-state index is -3.17. The van der Waals surface area contributed by atoms with Crippen LogP contribution >= 0.6 is 7.60 Å². The molecule has 0 heterocycles. The molecule has 0 N–H and O–H groups in total. The van der Waals surface area contributed by atoms with Crippen LogP contribution in [0.2, 0.25) is 0 Å². The van der Waals surface area contributed by atoms with Gasteiger partial charge in [0.2, 0.25) is 0 Å². The van der Waals surface area contributed by atoms with Crippen LogP contribution in [0.25, 0.3) is 0 Å². The molecule has 0 fully saturated rings. The Balaban J connectivity index is 4.40. The lowest BCUT2D eigenvalue weighted by molar-refractivity contribution is 0.217. The molecule has 0 saturated heterocycles. The van der Waals surface area contributed by atoms with E-state index < -0.39 is 13.3 Å². The van der Waals surface area contributed by atoms with Crippen LogP contribution in [-0.4, -0.2) is 18.9 Å². The maximum atomic E-state index is 11.7. The van der Waals surface area contributed by atoms with Crippen LogP contribution in [0.3, 0.4) is 0 Å². The molecule has 70 valence electrons. The Kier molecular flexibility index (Phi) is 5.16. The molecular weight excluding hydrogens is 177 g/mol. The molecule has 0 rings (SSSR count). The van der Waals surface area contributed by atoms with E-state index in [1.165, 1.54) is 6.92 Å². The fourth-order valence-corrected chi connectivity index (χ4v) is 2.07. The van der Waals surface area contributed by atoms with E-state index in [9.17, 15) is 4.57 Å². The second-order valence-corrected chi connectivity index (χ2v) is 4.55. The highest BCUT2D eigenvalue weighted by Crippen LogP contribution is 2.52. The molecule has 0 spiro atoms. The van der Waals surface area contributed by atoms with Gasteiger partial charge in [-0.05, 0) is 20.8 Å². The summed E-state index contributed by atoms with van der Waals surface area (Å²) < 4.78 is 21.5. The smallest absolute Gasteiger partial charge is 0.308 e. The van der Waals surface area contributed by atoms with Gasteiger partial charge in [0, 0.05) is 0 Å². The molecule has 12 heavy (non-hydrogen) atoms. The molecular formula is C7H14NO3P. The van der Waals surface area contributed by atoms with Crippen molar-refractivity contribution in [2.24, 2.45) is 0 Å². The standard InChI is InChI=1S/C7H14NO3P/c1-4-10-12(9,11-5-2)7(3)6-8/h7H,4-5H2,1-3H3. The summed E-state index contributed by atoms with van der Waals surface area (Å²) in [5, 5.41) is 8.54. The largest absolute Gasteiger partial charge is 0.347 e. The third-order valence-corrected chi connectivity index (χ3v) is 3.58. The zero-order valence-electron chi connectivity index (χ0n) is 7.61. The average molecular weight is 191 g/mol. The zero-order chi connectivity index (χ0) is 9.61. The van der Waals surface area contributed by atoms with Crippen molar-refractivity contribution in [3.8, 4) is 6.07 Å². The Bertz CT molecular complexity index is 201. The lowest BCUT2D eigenvalue weighted by Gasteiger charge is -2.18. The van der Waals surface area contributed by atoms with E-state index in [0.29, 0.717) is 13.2 Å². The van der Waals surface area contributed by atoms with Crippen LogP contribution in [0.5, 0.6) is 0 Å². The highest BCUT2D eigenvalue weighted by molar-refractivity contribution is 7.54. The predicted octanol–water partition coefficient (Wildman–Crippen LogP) is 2.16. The quantitative estimate of drug-likeness (QED) is 0.625. The Morgan fingerprint density at radius 2 is 1.83 bits per heavy atom. The minimum absolute atomic E-state index is 0.295. The first kappa shape index (κ1) is 11.6. The lowest BCUT2D eigenvalue weighted by Crippen LogP contribution is -2.07. The van der Waals surface area contributed by atoms with Crippen molar-refractivity contribution in [2.75, 3.05) is 13.2 Å². The molecule has 0 saturated carbocycles. The summed E-state index contributed by atoms with van der Waals surface area (Å²) in [6.07, 6.45) is 0. The summed E-state index contributed by atoms with van der Waals surface area (Å²) in [5.74, 6) is 0. The predicted molar refractivity (Wildman–Crippen MR) is 45.9 cm³/mol. The third-order valence-electron chi connectivity index (χ3n) is 1.28. The maximum Gasteiger partial charge on any atom is 0.347 e. The van der Waals surface area contributed by atoms with E-state index >= 15 is 0 Å². The molecule has 0 aromatic rings. The van der Waals surface area contributed by atoms with Gasteiger partial charge in [-0.3, -0.25) is 4.57 Å². The Hall–Kier alpha value is -0.360. The van der Waals surface area contributed by atoms with Gasteiger partial charge in [-0.25, -0.2) is 0 Å². The van der Waals surface area contributed by atoms with Crippen molar-refractivity contribution in [1.29, 1.82) is 5.26 Å². The number of nitriles is 1. The van der Waals surface area contributed by atoms with Gasteiger partial charge in [-0.15, -0.1) is 0 Å². The molecule has 0 aliphatic carbocycles. The van der Waals surface area contributed by atoms with Crippen LogP contribution in [0.4, 0.5) is 0 Å². The number of nitrogens with zero attached hydrogens (tertiary/aromatic N) is 1. The van der Waals surface area contributed by atoms with Gasteiger partial charge in [-0.2, -0.15) is 5.26 Å². The van der Waals surface area contributed by atoms with Crippen LogP contribution in [0.1, 0.15) is 20.8 Å². The van der Waals surface area contributed by atoms with Gasteiger partial charge in [0.05, 0.1) is 19.3 Å². The van der Waals surface area contributed by atoms with Gasteiger partial charge in [0.15, 0.2) is 0 Å². The van der Waals surface area contributed by atoms with E-state index in [2.05, 4.69) is 0 Å². The van der Waals surface area contributed by atoms with Gasteiger partial charge in [0.25, 0.3) is 0 Å². The third kappa shape index (κ3) is 2.94. The fourth-order valence-electron chi connectivity index (χ4n) is 0.691. The Labute approximate surface area is 73.0 Å². The first-order chi connectivity index (χ1) is 5.60. The molecule has 4 nitrogen and oxygen atoms in total. The number of rotatable bonds is 5. The zero-order valence-corrected chi connectivity index (χ0v) is 8.51. The van der Waals surface area contributed by atoms with Crippen LogP contribution in [0, 0.1) is 11.3 Å². The van der Waals surface area contributed by atoms with Crippen molar-refractivity contribution in [1.82, 2.24) is 0 Å². The maximum absolute atomic E-state index is 11.7. The lowest BCUT2D eigenvalue weighted by atomic mass is 10.5. The van der Waals surface area contributed by atoms with E-state index in [4.69, 9.17) is 14.3 Å². The molecule has 0 aliphatic heterocycles. The van der Waals surface area contributed by atoms with E-state index in [0.717, 1.165) is 0 Å². The van der Waals surface area contributed by atoms with Crippen LogP contribution in [-0.2, 0) is 13.6 Å². The van der Waals surface area contributed by atoms with Crippen LogP contribution in [0.15, 0.2) is 0 Å². The normalized spacial score (nSPS) is 13.8. The molecule has 0 aromatic heterocycles. The molecule has 1 atom stereocenters. The van der Waals surface area contributed by atoms with Crippen molar-refractivity contribution in [3.05, 3.63) is 0 Å². The first-order valence-corrected chi connectivity index (χ1v) is 5.50. The minimum Gasteiger partial charge on any atom is -0.308 e.